The Hall–Kier alpha value is 1.75. The molecule has 0 heterocycles. The molecule has 3 heteroatoms. The molecule has 0 aromatic rings. The van der Waals surface area contributed by atoms with E-state index in [9.17, 15) is 0 Å². The van der Waals surface area contributed by atoms with Crippen LogP contribution >= 0.6 is 7.92 Å². The number of hydrogen-bond donors (Lipinski definition) is 0. The molecule has 0 unspecified atom stereocenters. The van der Waals surface area contributed by atoms with E-state index in [2.05, 4.69) is 0 Å². The second-order valence-corrected chi connectivity index (χ2v) is 10.4. The summed E-state index contributed by atoms with van der Waals surface area (Å²) in [6, 6.07) is 0. The number of rotatable bonds is 3. The molecule has 3 saturated carbocycles. The van der Waals surface area contributed by atoms with Crippen LogP contribution in [0.3, 0.4) is 0 Å². The van der Waals surface area contributed by atoms with Crippen LogP contribution in [0.15, 0.2) is 0 Å². The minimum atomic E-state index is 0. The van der Waals surface area contributed by atoms with Gasteiger partial charge in [-0.3, -0.25) is 0 Å². The molecule has 3 aliphatic rings. The Labute approximate surface area is 161 Å². The van der Waals surface area contributed by atoms with Gasteiger partial charge in [0.15, 0.2) is 0 Å². The van der Waals surface area contributed by atoms with E-state index in [-0.39, 0.29) is 40.8 Å². The standard InChI is InChI=1S/C18H33P.2Pd/c1-4-10-16(11-5-1)19(17-12-6-2-7-13-17)18-14-8-3-9-15-18;;/h16-18H,1-15H2;;. The molecule has 0 aliphatic heterocycles. The van der Waals surface area contributed by atoms with Crippen LogP contribution in [0.25, 0.3) is 0 Å². The molecule has 0 N–H and O–H groups in total. The Balaban J connectivity index is 0.00000110. The van der Waals surface area contributed by atoms with E-state index >= 15 is 0 Å². The summed E-state index contributed by atoms with van der Waals surface area (Å²) in [6.45, 7) is 0. The van der Waals surface area contributed by atoms with Gasteiger partial charge in [-0.15, -0.1) is 0 Å². The first kappa shape index (κ1) is 20.8. The van der Waals surface area contributed by atoms with Gasteiger partial charge in [0.1, 0.15) is 0 Å². The van der Waals surface area contributed by atoms with Crippen molar-refractivity contribution in [1.29, 1.82) is 0 Å². The van der Waals surface area contributed by atoms with Gasteiger partial charge >= 0.3 is 0 Å². The van der Waals surface area contributed by atoms with Crippen molar-refractivity contribution in [2.75, 3.05) is 0 Å². The van der Waals surface area contributed by atoms with Gasteiger partial charge < -0.3 is 0 Å². The van der Waals surface area contributed by atoms with Crippen LogP contribution in [-0.2, 0) is 40.8 Å². The Bertz CT molecular complexity index is 211. The van der Waals surface area contributed by atoms with Gasteiger partial charge in [-0.2, -0.15) is 0 Å². The van der Waals surface area contributed by atoms with Gasteiger partial charge in [0, 0.05) is 40.8 Å². The average molecular weight is 493 g/mol. The van der Waals surface area contributed by atoms with Crippen molar-refractivity contribution in [2.45, 2.75) is 113 Å². The maximum Gasteiger partial charge on any atom is 0 e. The molecule has 0 amide bonds. The van der Waals surface area contributed by atoms with Crippen molar-refractivity contribution in [3.63, 3.8) is 0 Å². The van der Waals surface area contributed by atoms with Crippen molar-refractivity contribution < 1.29 is 40.8 Å². The molecule has 0 aromatic carbocycles. The molecule has 3 rings (SSSR count). The van der Waals surface area contributed by atoms with Crippen LogP contribution < -0.4 is 0 Å². The van der Waals surface area contributed by atoms with Gasteiger partial charge in [-0.1, -0.05) is 65.7 Å². The molecule has 3 aliphatic carbocycles. The molecule has 0 spiro atoms. The SMILES string of the molecule is C1CCC(P(C2CCCCC2)C2CCCCC2)CC1.[Pd].[Pd]. The zero-order valence-electron chi connectivity index (χ0n) is 13.4. The maximum absolute atomic E-state index is 1.61. The molecule has 0 radical (unpaired) electrons. The minimum absolute atomic E-state index is 0. The van der Waals surface area contributed by atoms with Gasteiger partial charge in [0.2, 0.25) is 0 Å². The van der Waals surface area contributed by atoms with Crippen molar-refractivity contribution >= 4 is 7.92 Å². The Morgan fingerprint density at radius 2 is 0.619 bits per heavy atom. The molecule has 0 atom stereocenters. The molecular weight excluding hydrogens is 460 g/mol. The van der Waals surface area contributed by atoms with Crippen LogP contribution in [-0.4, -0.2) is 17.0 Å². The zero-order valence-corrected chi connectivity index (χ0v) is 17.4. The van der Waals surface area contributed by atoms with Crippen molar-refractivity contribution in [3.05, 3.63) is 0 Å². The summed E-state index contributed by atoms with van der Waals surface area (Å²) < 4.78 is 0. The third kappa shape index (κ3) is 5.96. The second-order valence-electron chi connectivity index (χ2n) is 7.32. The maximum atomic E-state index is 1.61. The van der Waals surface area contributed by atoms with Crippen molar-refractivity contribution in [3.8, 4) is 0 Å². The van der Waals surface area contributed by atoms with E-state index in [1.807, 2.05) is 0 Å². The van der Waals surface area contributed by atoms with Gasteiger partial charge in [-0.05, 0) is 55.5 Å². The fourth-order valence-electron chi connectivity index (χ4n) is 5.03. The van der Waals surface area contributed by atoms with Gasteiger partial charge in [0.25, 0.3) is 0 Å². The Kier molecular flexibility index (Phi) is 11.2. The summed E-state index contributed by atoms with van der Waals surface area (Å²) in [6.07, 6.45) is 23.6. The van der Waals surface area contributed by atoms with Gasteiger partial charge in [0.05, 0.1) is 0 Å². The molecule has 21 heavy (non-hydrogen) atoms. The zero-order chi connectivity index (χ0) is 12.9. The fourth-order valence-corrected chi connectivity index (χ4v) is 9.71. The van der Waals surface area contributed by atoms with E-state index in [0.29, 0.717) is 7.92 Å². The summed E-state index contributed by atoms with van der Waals surface area (Å²) in [5.74, 6) is 0. The van der Waals surface area contributed by atoms with E-state index in [4.69, 9.17) is 0 Å². The second kappa shape index (κ2) is 11.3. The number of hydrogen-bond acceptors (Lipinski definition) is 0. The van der Waals surface area contributed by atoms with Gasteiger partial charge in [-0.25, -0.2) is 0 Å². The molecule has 130 valence electrons. The normalized spacial score (nSPS) is 26.1. The molecule has 3 fully saturated rings. The molecular formula is C18H33PPd2. The average Bonchev–Trinajstić information content (AvgIpc) is 2.51. The minimum Gasteiger partial charge on any atom is -0.0971 e. The quantitative estimate of drug-likeness (QED) is 0.313. The molecule has 0 aromatic heterocycles. The first-order valence-electron chi connectivity index (χ1n) is 9.22. The third-order valence-electron chi connectivity index (χ3n) is 5.99. The van der Waals surface area contributed by atoms with E-state index < -0.39 is 0 Å². The van der Waals surface area contributed by atoms with E-state index in [0.717, 1.165) is 0 Å². The van der Waals surface area contributed by atoms with E-state index in [1.54, 1.807) is 77.0 Å². The third-order valence-corrected chi connectivity index (χ3v) is 10.1. The largest absolute Gasteiger partial charge is 0.0971 e. The van der Waals surface area contributed by atoms with Crippen LogP contribution in [0.5, 0.6) is 0 Å². The summed E-state index contributed by atoms with van der Waals surface area (Å²) in [5, 5.41) is 0. The molecule has 0 bridgehead atoms. The first-order chi connectivity index (χ1) is 9.45. The summed E-state index contributed by atoms with van der Waals surface area (Å²) in [4.78, 5) is 0. The van der Waals surface area contributed by atoms with E-state index in [1.165, 1.54) is 36.2 Å². The summed E-state index contributed by atoms with van der Waals surface area (Å²) >= 11 is 0. The topological polar surface area (TPSA) is 0 Å². The first-order valence-corrected chi connectivity index (χ1v) is 10.8. The molecule has 0 nitrogen and oxygen atoms in total. The Morgan fingerprint density at radius 3 is 0.857 bits per heavy atom. The fraction of sp³-hybridized carbons (Fsp3) is 1.00. The van der Waals surface area contributed by atoms with Crippen LogP contribution in [0.4, 0.5) is 0 Å². The summed E-state index contributed by atoms with van der Waals surface area (Å²) in [7, 11) is 0.385. The predicted octanol–water partition coefficient (Wildman–Crippen LogP) is 6.46. The Morgan fingerprint density at radius 1 is 0.381 bits per heavy atom. The summed E-state index contributed by atoms with van der Waals surface area (Å²) in [5.41, 5.74) is 3.57. The van der Waals surface area contributed by atoms with Crippen LogP contribution in [0.2, 0.25) is 0 Å². The van der Waals surface area contributed by atoms with Crippen LogP contribution in [0, 0.1) is 0 Å². The van der Waals surface area contributed by atoms with Crippen LogP contribution in [0.1, 0.15) is 96.3 Å². The van der Waals surface area contributed by atoms with Crippen molar-refractivity contribution in [2.24, 2.45) is 0 Å². The smallest absolute Gasteiger partial charge is 0 e. The monoisotopic (exact) mass is 492 g/mol. The predicted molar refractivity (Wildman–Crippen MR) is 87.5 cm³/mol. The van der Waals surface area contributed by atoms with Crippen molar-refractivity contribution in [1.82, 2.24) is 0 Å². The molecule has 0 saturated heterocycles.